The number of rotatable bonds is 2. The van der Waals surface area contributed by atoms with Gasteiger partial charge in [0.05, 0.1) is 11.7 Å². The highest BCUT2D eigenvalue weighted by molar-refractivity contribution is 5.83. The van der Waals surface area contributed by atoms with Crippen molar-refractivity contribution in [2.75, 3.05) is 13.1 Å². The molecule has 2 aliphatic carbocycles. The molecule has 0 spiro atoms. The first-order chi connectivity index (χ1) is 13.1. The SMILES string of the molecule is CC(=O)N1CCc2nc([C@H]3CCCN3C(=O)C3[C@H]4CCCC[C@@H]34)ncc2C1. The van der Waals surface area contributed by atoms with Gasteiger partial charge < -0.3 is 9.80 Å². The third-order valence-corrected chi connectivity index (χ3v) is 7.17. The Morgan fingerprint density at radius 2 is 1.85 bits per heavy atom. The van der Waals surface area contributed by atoms with Crippen LogP contribution in [0.3, 0.4) is 0 Å². The molecular formula is C21H28N4O2. The molecule has 3 fully saturated rings. The largest absolute Gasteiger partial charge is 0.338 e. The summed E-state index contributed by atoms with van der Waals surface area (Å²) in [5, 5.41) is 0. The molecule has 144 valence electrons. The predicted molar refractivity (Wildman–Crippen MR) is 99.5 cm³/mol. The van der Waals surface area contributed by atoms with Crippen LogP contribution in [0.5, 0.6) is 0 Å². The quantitative estimate of drug-likeness (QED) is 0.804. The molecule has 0 aromatic carbocycles. The van der Waals surface area contributed by atoms with Gasteiger partial charge in [-0.3, -0.25) is 9.59 Å². The van der Waals surface area contributed by atoms with E-state index in [2.05, 4.69) is 9.88 Å². The Balaban J connectivity index is 1.33. The molecular weight excluding hydrogens is 340 g/mol. The van der Waals surface area contributed by atoms with Crippen LogP contribution in [0.2, 0.25) is 0 Å². The van der Waals surface area contributed by atoms with Gasteiger partial charge in [-0.15, -0.1) is 0 Å². The maximum absolute atomic E-state index is 13.2. The van der Waals surface area contributed by atoms with E-state index < -0.39 is 0 Å². The molecule has 27 heavy (non-hydrogen) atoms. The fraction of sp³-hybridized carbons (Fsp3) is 0.714. The number of nitrogens with zero attached hydrogens (tertiary/aromatic N) is 4. The molecule has 4 aliphatic rings. The molecule has 0 radical (unpaired) electrons. The minimum absolute atomic E-state index is 0.0382. The molecule has 6 heteroatoms. The van der Waals surface area contributed by atoms with Crippen LogP contribution in [-0.2, 0) is 22.6 Å². The van der Waals surface area contributed by atoms with E-state index in [9.17, 15) is 9.59 Å². The highest BCUT2D eigenvalue weighted by Crippen LogP contribution is 2.56. The van der Waals surface area contributed by atoms with Gasteiger partial charge in [-0.1, -0.05) is 12.8 Å². The molecule has 1 aromatic heterocycles. The molecule has 6 nitrogen and oxygen atoms in total. The van der Waals surface area contributed by atoms with Gasteiger partial charge in [-0.05, 0) is 37.5 Å². The molecule has 1 unspecified atom stereocenters. The zero-order valence-corrected chi connectivity index (χ0v) is 16.1. The van der Waals surface area contributed by atoms with E-state index in [-0.39, 0.29) is 17.9 Å². The maximum atomic E-state index is 13.2. The van der Waals surface area contributed by atoms with Gasteiger partial charge in [0.1, 0.15) is 0 Å². The maximum Gasteiger partial charge on any atom is 0.226 e. The van der Waals surface area contributed by atoms with Crippen LogP contribution in [0.4, 0.5) is 0 Å². The van der Waals surface area contributed by atoms with Gasteiger partial charge in [-0.25, -0.2) is 9.97 Å². The first-order valence-electron chi connectivity index (χ1n) is 10.5. The molecule has 2 amide bonds. The Morgan fingerprint density at radius 3 is 2.59 bits per heavy atom. The molecule has 0 bridgehead atoms. The van der Waals surface area contributed by atoms with Gasteiger partial charge in [0.25, 0.3) is 0 Å². The lowest BCUT2D eigenvalue weighted by Crippen LogP contribution is -2.36. The fourth-order valence-electron chi connectivity index (χ4n) is 5.61. The second kappa shape index (κ2) is 6.57. The summed E-state index contributed by atoms with van der Waals surface area (Å²) in [4.78, 5) is 38.2. The number of hydrogen-bond donors (Lipinski definition) is 0. The Bertz CT molecular complexity index is 767. The van der Waals surface area contributed by atoms with Gasteiger partial charge in [0.2, 0.25) is 11.8 Å². The highest BCUT2D eigenvalue weighted by Gasteiger charge is 2.56. The van der Waals surface area contributed by atoms with Crippen molar-refractivity contribution in [2.45, 2.75) is 64.5 Å². The summed E-state index contributed by atoms with van der Waals surface area (Å²) >= 11 is 0. The van der Waals surface area contributed by atoms with Crippen LogP contribution < -0.4 is 0 Å². The summed E-state index contributed by atoms with van der Waals surface area (Å²) in [6, 6.07) is 0.0382. The van der Waals surface area contributed by atoms with Crippen molar-refractivity contribution in [3.63, 3.8) is 0 Å². The number of amides is 2. The third kappa shape index (κ3) is 2.93. The summed E-state index contributed by atoms with van der Waals surface area (Å²) < 4.78 is 0. The minimum Gasteiger partial charge on any atom is -0.338 e. The van der Waals surface area contributed by atoms with Crippen LogP contribution in [0.25, 0.3) is 0 Å². The Kier molecular flexibility index (Phi) is 4.17. The van der Waals surface area contributed by atoms with E-state index in [1.54, 1.807) is 6.92 Å². The van der Waals surface area contributed by atoms with Crippen LogP contribution in [0.15, 0.2) is 6.20 Å². The van der Waals surface area contributed by atoms with Crippen LogP contribution in [0, 0.1) is 17.8 Å². The minimum atomic E-state index is 0.0382. The number of hydrogen-bond acceptors (Lipinski definition) is 4. The van der Waals surface area contributed by atoms with Crippen molar-refractivity contribution >= 4 is 11.8 Å². The number of carbonyl (C=O) groups excluding carboxylic acids is 2. The number of carbonyl (C=O) groups is 2. The van der Waals surface area contributed by atoms with Gasteiger partial charge >= 0.3 is 0 Å². The van der Waals surface area contributed by atoms with Gasteiger partial charge in [0.15, 0.2) is 5.82 Å². The van der Waals surface area contributed by atoms with Crippen molar-refractivity contribution in [1.82, 2.24) is 19.8 Å². The zero-order chi connectivity index (χ0) is 18.5. The van der Waals surface area contributed by atoms with E-state index in [1.165, 1.54) is 25.7 Å². The second-order valence-corrected chi connectivity index (χ2v) is 8.72. The normalized spacial score (nSPS) is 32.0. The molecule has 4 atom stereocenters. The average molecular weight is 368 g/mol. The van der Waals surface area contributed by atoms with Gasteiger partial charge in [-0.2, -0.15) is 0 Å². The van der Waals surface area contributed by atoms with Gasteiger partial charge in [0, 0.05) is 50.7 Å². The topological polar surface area (TPSA) is 66.4 Å². The monoisotopic (exact) mass is 368 g/mol. The summed E-state index contributed by atoms with van der Waals surface area (Å²) in [5.74, 6) is 2.83. The second-order valence-electron chi connectivity index (χ2n) is 8.72. The number of aromatic nitrogens is 2. The smallest absolute Gasteiger partial charge is 0.226 e. The van der Waals surface area contributed by atoms with Crippen LogP contribution in [0.1, 0.15) is 68.6 Å². The molecule has 3 heterocycles. The summed E-state index contributed by atoms with van der Waals surface area (Å²) in [7, 11) is 0. The first kappa shape index (κ1) is 17.1. The van der Waals surface area contributed by atoms with Crippen molar-refractivity contribution in [2.24, 2.45) is 17.8 Å². The van der Waals surface area contributed by atoms with Crippen molar-refractivity contribution < 1.29 is 9.59 Å². The third-order valence-electron chi connectivity index (χ3n) is 7.17. The molecule has 1 saturated heterocycles. The Labute approximate surface area is 160 Å². The van der Waals surface area contributed by atoms with E-state index in [1.807, 2.05) is 11.1 Å². The summed E-state index contributed by atoms with van der Waals surface area (Å²) in [5.41, 5.74) is 2.10. The molecule has 0 N–H and O–H groups in total. The fourth-order valence-corrected chi connectivity index (χ4v) is 5.61. The van der Waals surface area contributed by atoms with Crippen LogP contribution >= 0.6 is 0 Å². The molecule has 1 aromatic rings. The van der Waals surface area contributed by atoms with Crippen molar-refractivity contribution in [3.05, 3.63) is 23.3 Å². The lowest BCUT2D eigenvalue weighted by atomic mass is 10.0. The molecule has 5 rings (SSSR count). The van der Waals surface area contributed by atoms with Crippen molar-refractivity contribution in [3.8, 4) is 0 Å². The van der Waals surface area contributed by atoms with E-state index in [0.717, 1.165) is 49.4 Å². The predicted octanol–water partition coefficient (Wildman–Crippen LogP) is 2.48. The lowest BCUT2D eigenvalue weighted by Gasteiger charge is -2.29. The van der Waals surface area contributed by atoms with E-state index in [0.29, 0.717) is 24.3 Å². The standard InChI is InChI=1S/C21H28N4O2/c1-13(26)24-10-8-17-14(12-24)11-22-20(23-17)18-7-4-9-25(18)21(27)19-15-5-2-3-6-16(15)19/h11,15-16,18-19H,2-10,12H2,1H3/t15-,16+,18-,19?/m1/s1. The number of fused-ring (bicyclic) bond motifs is 2. The van der Waals surface area contributed by atoms with E-state index in [4.69, 9.17) is 4.98 Å². The highest BCUT2D eigenvalue weighted by atomic mass is 16.2. The summed E-state index contributed by atoms with van der Waals surface area (Å²) in [6.07, 6.45) is 9.72. The first-order valence-corrected chi connectivity index (χ1v) is 10.5. The lowest BCUT2D eigenvalue weighted by molar-refractivity contribution is -0.134. The Morgan fingerprint density at radius 1 is 1.07 bits per heavy atom. The van der Waals surface area contributed by atoms with E-state index >= 15 is 0 Å². The molecule has 2 aliphatic heterocycles. The zero-order valence-electron chi connectivity index (χ0n) is 16.1. The van der Waals surface area contributed by atoms with Crippen LogP contribution in [-0.4, -0.2) is 44.7 Å². The Hall–Kier alpha value is -1.98. The average Bonchev–Trinajstić information content (AvgIpc) is 3.21. The van der Waals surface area contributed by atoms with Crippen molar-refractivity contribution in [1.29, 1.82) is 0 Å². The number of likely N-dealkylation sites (tertiary alicyclic amines) is 1. The molecule has 2 saturated carbocycles. The summed E-state index contributed by atoms with van der Waals surface area (Å²) in [6.45, 7) is 3.77.